The Morgan fingerprint density at radius 2 is 2.14 bits per heavy atom. The second-order valence-electron chi connectivity index (χ2n) is 5.23. The number of carbonyl (C=O) groups excluding carboxylic acids is 1. The molecule has 0 fully saturated rings. The van der Waals surface area contributed by atoms with Crippen LogP contribution in [0.5, 0.6) is 0 Å². The highest BCUT2D eigenvalue weighted by Crippen LogP contribution is 2.31. The number of oxazole rings is 1. The summed E-state index contributed by atoms with van der Waals surface area (Å²) < 4.78 is 18.7. The number of carbonyl (C=O) groups is 1. The maximum absolute atomic E-state index is 13.2. The molecule has 4 rings (SSSR count). The molecule has 3 aromatic rings. The van der Waals surface area contributed by atoms with Crippen molar-refractivity contribution in [3.63, 3.8) is 0 Å². The largest absolute Gasteiger partial charge is 0.423 e. The van der Waals surface area contributed by atoms with Gasteiger partial charge in [0.2, 0.25) is 5.91 Å². The summed E-state index contributed by atoms with van der Waals surface area (Å²) in [4.78, 5) is 17.5. The molecule has 1 amide bonds. The summed E-state index contributed by atoms with van der Waals surface area (Å²) in [7, 11) is 1.76. The second kappa shape index (κ2) is 4.56. The number of hydrogen-bond acceptors (Lipinski definition) is 4. The van der Waals surface area contributed by atoms with Gasteiger partial charge in [-0.2, -0.15) is 4.98 Å². The normalized spacial score (nSPS) is 13.7. The molecule has 2 heterocycles. The van der Waals surface area contributed by atoms with E-state index in [4.69, 9.17) is 4.42 Å². The number of halogens is 1. The summed E-state index contributed by atoms with van der Waals surface area (Å²) in [5, 5.41) is 3.04. The highest BCUT2D eigenvalue weighted by atomic mass is 19.1. The van der Waals surface area contributed by atoms with E-state index >= 15 is 0 Å². The van der Waals surface area contributed by atoms with Gasteiger partial charge in [-0.3, -0.25) is 4.79 Å². The number of likely N-dealkylation sites (N-methyl/N-ethyl adjacent to an activating group) is 1. The molecule has 0 spiro atoms. The van der Waals surface area contributed by atoms with Gasteiger partial charge in [-0.25, -0.2) is 4.39 Å². The predicted molar refractivity (Wildman–Crippen MR) is 80.8 cm³/mol. The van der Waals surface area contributed by atoms with E-state index in [9.17, 15) is 9.18 Å². The third kappa shape index (κ3) is 2.00. The van der Waals surface area contributed by atoms with Crippen LogP contribution >= 0.6 is 0 Å². The van der Waals surface area contributed by atoms with Gasteiger partial charge in [0.25, 0.3) is 6.01 Å². The summed E-state index contributed by atoms with van der Waals surface area (Å²) in [6.45, 7) is 0. The Balaban J connectivity index is 1.65. The number of nitrogens with zero attached hydrogens (tertiary/aromatic N) is 2. The topological polar surface area (TPSA) is 58.4 Å². The molecule has 22 heavy (non-hydrogen) atoms. The highest BCUT2D eigenvalue weighted by molar-refractivity contribution is 6.01. The molecule has 1 N–H and O–H groups in total. The minimum Gasteiger partial charge on any atom is -0.423 e. The first-order valence-electron chi connectivity index (χ1n) is 6.83. The van der Waals surface area contributed by atoms with Crippen molar-refractivity contribution in [3.05, 3.63) is 47.8 Å². The predicted octanol–water partition coefficient (Wildman–Crippen LogP) is 3.23. The quantitative estimate of drug-likeness (QED) is 0.789. The van der Waals surface area contributed by atoms with E-state index in [0.29, 0.717) is 23.5 Å². The van der Waals surface area contributed by atoms with Crippen LogP contribution in [0.1, 0.15) is 5.56 Å². The van der Waals surface area contributed by atoms with Crippen molar-refractivity contribution in [2.24, 2.45) is 0 Å². The van der Waals surface area contributed by atoms with Gasteiger partial charge in [0.05, 0.1) is 6.42 Å². The minimum absolute atomic E-state index is 0.0736. The Kier molecular flexibility index (Phi) is 2.66. The third-order valence-corrected chi connectivity index (χ3v) is 3.76. The van der Waals surface area contributed by atoms with Gasteiger partial charge in [-0.15, -0.1) is 0 Å². The smallest absolute Gasteiger partial charge is 0.300 e. The molecule has 1 aromatic heterocycles. The van der Waals surface area contributed by atoms with E-state index in [0.717, 1.165) is 16.9 Å². The van der Waals surface area contributed by atoms with E-state index in [1.165, 1.54) is 12.1 Å². The number of hydrogen-bond donors (Lipinski definition) is 1. The molecule has 6 heteroatoms. The van der Waals surface area contributed by atoms with Gasteiger partial charge < -0.3 is 14.6 Å². The molecule has 0 saturated carbocycles. The molecule has 0 bridgehead atoms. The molecule has 1 aliphatic heterocycles. The molecule has 2 aromatic carbocycles. The van der Waals surface area contributed by atoms with E-state index in [1.54, 1.807) is 18.0 Å². The first-order chi connectivity index (χ1) is 10.6. The van der Waals surface area contributed by atoms with Crippen LogP contribution in [0, 0.1) is 5.82 Å². The zero-order valence-electron chi connectivity index (χ0n) is 11.8. The van der Waals surface area contributed by atoms with Crippen LogP contribution in [-0.4, -0.2) is 17.9 Å². The molecular weight excluding hydrogens is 285 g/mol. The average Bonchev–Trinajstić information content (AvgIpc) is 2.99. The van der Waals surface area contributed by atoms with Gasteiger partial charge in [0, 0.05) is 24.5 Å². The fourth-order valence-electron chi connectivity index (χ4n) is 2.63. The fourth-order valence-corrected chi connectivity index (χ4v) is 2.63. The van der Waals surface area contributed by atoms with E-state index in [-0.39, 0.29) is 11.7 Å². The van der Waals surface area contributed by atoms with E-state index in [1.807, 2.05) is 18.2 Å². The van der Waals surface area contributed by atoms with Crippen LogP contribution in [0.4, 0.5) is 21.8 Å². The fraction of sp³-hybridized carbons (Fsp3) is 0.125. The summed E-state index contributed by atoms with van der Waals surface area (Å²) in [6, 6.07) is 10.1. The number of aromatic nitrogens is 1. The maximum atomic E-state index is 13.2. The van der Waals surface area contributed by atoms with Crippen LogP contribution in [0.25, 0.3) is 11.1 Å². The highest BCUT2D eigenvalue weighted by Gasteiger charge is 2.24. The Hall–Kier alpha value is -2.89. The maximum Gasteiger partial charge on any atom is 0.300 e. The summed E-state index contributed by atoms with van der Waals surface area (Å²) in [5.74, 6) is -0.282. The number of fused-ring (bicyclic) bond motifs is 2. The number of amides is 1. The van der Waals surface area contributed by atoms with Crippen molar-refractivity contribution in [1.29, 1.82) is 0 Å². The van der Waals surface area contributed by atoms with E-state index in [2.05, 4.69) is 10.3 Å². The summed E-state index contributed by atoms with van der Waals surface area (Å²) in [6.07, 6.45) is 0.389. The van der Waals surface area contributed by atoms with Crippen LogP contribution in [-0.2, 0) is 11.2 Å². The minimum atomic E-state index is -0.355. The van der Waals surface area contributed by atoms with Crippen LogP contribution in [0.15, 0.2) is 40.8 Å². The van der Waals surface area contributed by atoms with Crippen molar-refractivity contribution in [1.82, 2.24) is 4.98 Å². The van der Waals surface area contributed by atoms with Crippen molar-refractivity contribution in [3.8, 4) is 0 Å². The van der Waals surface area contributed by atoms with Crippen molar-refractivity contribution < 1.29 is 13.6 Å². The molecular formula is C16H12FN3O2. The zero-order valence-corrected chi connectivity index (χ0v) is 11.8. The number of benzene rings is 2. The van der Waals surface area contributed by atoms with Gasteiger partial charge in [0.15, 0.2) is 5.58 Å². The molecule has 1 aliphatic rings. The van der Waals surface area contributed by atoms with Gasteiger partial charge in [-0.05, 0) is 35.9 Å². The van der Waals surface area contributed by atoms with Gasteiger partial charge >= 0.3 is 0 Å². The lowest BCUT2D eigenvalue weighted by Gasteiger charge is -2.10. The standard InChI is InChI=1S/C16H12FN3O2/c1-20-13-4-3-11(6-9(13)7-15(20)21)18-16-19-12-8-10(17)2-5-14(12)22-16/h2-6,8H,7H2,1H3,(H,18,19). The first kappa shape index (κ1) is 12.8. The lowest BCUT2D eigenvalue weighted by atomic mass is 10.1. The van der Waals surface area contributed by atoms with Crippen LogP contribution in [0.3, 0.4) is 0 Å². The van der Waals surface area contributed by atoms with Crippen LogP contribution in [0.2, 0.25) is 0 Å². The number of anilines is 3. The summed E-state index contributed by atoms with van der Waals surface area (Å²) in [5.41, 5.74) is 3.61. The molecule has 0 aliphatic carbocycles. The Bertz CT molecular complexity index is 904. The Morgan fingerprint density at radius 3 is 3.00 bits per heavy atom. The monoisotopic (exact) mass is 297 g/mol. The van der Waals surface area contributed by atoms with Gasteiger partial charge in [-0.1, -0.05) is 0 Å². The van der Waals surface area contributed by atoms with Crippen molar-refractivity contribution in [2.45, 2.75) is 6.42 Å². The van der Waals surface area contributed by atoms with E-state index < -0.39 is 0 Å². The lowest BCUT2D eigenvalue weighted by molar-refractivity contribution is -0.117. The molecule has 0 radical (unpaired) electrons. The van der Waals surface area contributed by atoms with Crippen LogP contribution < -0.4 is 10.2 Å². The Morgan fingerprint density at radius 1 is 1.27 bits per heavy atom. The third-order valence-electron chi connectivity index (χ3n) is 3.76. The molecule has 110 valence electrons. The lowest BCUT2D eigenvalue weighted by Crippen LogP contribution is -2.20. The average molecular weight is 297 g/mol. The van der Waals surface area contributed by atoms with Crippen molar-refractivity contribution >= 4 is 34.4 Å². The first-order valence-corrected chi connectivity index (χ1v) is 6.83. The molecule has 0 unspecified atom stereocenters. The zero-order chi connectivity index (χ0) is 15.3. The molecule has 0 saturated heterocycles. The molecule has 0 atom stereocenters. The van der Waals surface area contributed by atoms with Gasteiger partial charge in [0.1, 0.15) is 11.3 Å². The second-order valence-corrected chi connectivity index (χ2v) is 5.23. The molecule has 5 nitrogen and oxygen atoms in total. The SMILES string of the molecule is CN1C(=O)Cc2cc(Nc3nc4cc(F)ccc4o3)ccc21. The number of nitrogens with one attached hydrogen (secondary N) is 1. The van der Waals surface area contributed by atoms with Crippen molar-refractivity contribution in [2.75, 3.05) is 17.3 Å². The summed E-state index contributed by atoms with van der Waals surface area (Å²) >= 11 is 0. The number of rotatable bonds is 2. The Labute approximate surface area is 125 Å².